The third-order valence-electron chi connectivity index (χ3n) is 3.35. The van der Waals surface area contributed by atoms with Gasteiger partial charge in [0, 0.05) is 6.92 Å². The molecule has 0 aromatic heterocycles. The number of carbonyl (C=O) groups is 1. The standard InChI is InChI=1S/C11H16F2O3/c1-10(2)5-4-6(7-8(10)16-7)15-9(14)11(3,12)13/h6-8H,4-5H2,1-3H3. The predicted octanol–water partition coefficient (Wildman–Crippen LogP) is 2.14. The maximum absolute atomic E-state index is 12.6. The van der Waals surface area contributed by atoms with Crippen molar-refractivity contribution in [2.75, 3.05) is 0 Å². The summed E-state index contributed by atoms with van der Waals surface area (Å²) >= 11 is 0. The zero-order valence-corrected chi connectivity index (χ0v) is 9.63. The summed E-state index contributed by atoms with van der Waals surface area (Å²) < 4.78 is 35.5. The Morgan fingerprint density at radius 2 is 2.12 bits per heavy atom. The average molecular weight is 234 g/mol. The lowest BCUT2D eigenvalue weighted by atomic mass is 9.76. The first kappa shape index (κ1) is 11.8. The number of ether oxygens (including phenoxy) is 2. The number of alkyl halides is 2. The summed E-state index contributed by atoms with van der Waals surface area (Å²) in [5, 5.41) is 0. The van der Waals surface area contributed by atoms with Crippen molar-refractivity contribution < 1.29 is 23.0 Å². The van der Waals surface area contributed by atoms with Crippen LogP contribution in [0.4, 0.5) is 8.78 Å². The summed E-state index contributed by atoms with van der Waals surface area (Å²) in [6.45, 7) is 4.70. The van der Waals surface area contributed by atoms with Gasteiger partial charge in [0.15, 0.2) is 0 Å². The van der Waals surface area contributed by atoms with Gasteiger partial charge in [-0.2, -0.15) is 8.78 Å². The normalized spacial score (nSPS) is 36.4. The molecule has 3 atom stereocenters. The van der Waals surface area contributed by atoms with Gasteiger partial charge in [-0.1, -0.05) is 13.8 Å². The van der Waals surface area contributed by atoms with Crippen molar-refractivity contribution in [3.05, 3.63) is 0 Å². The highest BCUT2D eigenvalue weighted by Gasteiger charge is 2.58. The smallest absolute Gasteiger partial charge is 0.377 e. The summed E-state index contributed by atoms with van der Waals surface area (Å²) in [7, 11) is 0. The van der Waals surface area contributed by atoms with Crippen LogP contribution in [0.25, 0.3) is 0 Å². The fraction of sp³-hybridized carbons (Fsp3) is 0.909. The molecule has 0 bridgehead atoms. The Hall–Kier alpha value is -0.710. The highest BCUT2D eigenvalue weighted by Crippen LogP contribution is 2.49. The molecule has 0 aromatic rings. The molecule has 0 radical (unpaired) electrons. The van der Waals surface area contributed by atoms with Crippen LogP contribution in [0.1, 0.15) is 33.6 Å². The minimum atomic E-state index is -3.42. The Balaban J connectivity index is 1.93. The summed E-state index contributed by atoms with van der Waals surface area (Å²) in [6, 6.07) is 0. The van der Waals surface area contributed by atoms with Gasteiger partial charge in [-0.05, 0) is 18.3 Å². The van der Waals surface area contributed by atoms with Crippen LogP contribution in [0.5, 0.6) is 0 Å². The van der Waals surface area contributed by atoms with Gasteiger partial charge in [0.05, 0.1) is 6.10 Å². The number of carbonyl (C=O) groups excluding carboxylic acids is 1. The van der Waals surface area contributed by atoms with Gasteiger partial charge in [-0.15, -0.1) is 0 Å². The van der Waals surface area contributed by atoms with E-state index in [-0.39, 0.29) is 17.6 Å². The highest BCUT2D eigenvalue weighted by atomic mass is 19.3. The second-order valence-corrected chi connectivity index (χ2v) is 5.38. The Morgan fingerprint density at radius 1 is 1.50 bits per heavy atom. The lowest BCUT2D eigenvalue weighted by molar-refractivity contribution is -0.177. The number of rotatable bonds is 2. The molecule has 0 aromatic carbocycles. The van der Waals surface area contributed by atoms with Crippen molar-refractivity contribution in [1.29, 1.82) is 0 Å². The second kappa shape index (κ2) is 3.39. The molecule has 0 amide bonds. The molecule has 0 spiro atoms. The first-order valence-electron chi connectivity index (χ1n) is 5.46. The second-order valence-electron chi connectivity index (χ2n) is 5.38. The minimum Gasteiger partial charge on any atom is -0.455 e. The molecule has 2 aliphatic rings. The molecular formula is C11H16F2O3. The molecule has 5 heteroatoms. The van der Waals surface area contributed by atoms with Crippen molar-refractivity contribution in [1.82, 2.24) is 0 Å². The van der Waals surface area contributed by atoms with Crippen LogP contribution in [0.15, 0.2) is 0 Å². The SMILES string of the molecule is CC(F)(F)C(=O)OC1CCC(C)(C)C2OC12. The predicted molar refractivity (Wildman–Crippen MR) is 52.2 cm³/mol. The molecule has 1 saturated carbocycles. The van der Waals surface area contributed by atoms with Gasteiger partial charge >= 0.3 is 11.9 Å². The van der Waals surface area contributed by atoms with Gasteiger partial charge < -0.3 is 9.47 Å². The van der Waals surface area contributed by atoms with Gasteiger partial charge in [0.1, 0.15) is 12.2 Å². The first-order valence-corrected chi connectivity index (χ1v) is 5.46. The monoisotopic (exact) mass is 234 g/mol. The Kier molecular flexibility index (Phi) is 2.49. The largest absolute Gasteiger partial charge is 0.455 e. The van der Waals surface area contributed by atoms with E-state index in [1.54, 1.807) is 0 Å². The minimum absolute atomic E-state index is 0.0459. The van der Waals surface area contributed by atoms with Crippen molar-refractivity contribution in [3.63, 3.8) is 0 Å². The quantitative estimate of drug-likeness (QED) is 0.542. The molecule has 1 aliphatic heterocycles. The van der Waals surface area contributed by atoms with Crippen molar-refractivity contribution >= 4 is 5.97 Å². The van der Waals surface area contributed by atoms with Gasteiger partial charge in [0.2, 0.25) is 0 Å². The van der Waals surface area contributed by atoms with Crippen molar-refractivity contribution in [2.45, 2.75) is 57.8 Å². The fourth-order valence-corrected chi connectivity index (χ4v) is 2.22. The molecule has 1 heterocycles. The molecule has 1 saturated heterocycles. The van der Waals surface area contributed by atoms with E-state index < -0.39 is 18.0 Å². The Labute approximate surface area is 93.1 Å². The zero-order valence-electron chi connectivity index (χ0n) is 9.63. The molecule has 3 unspecified atom stereocenters. The van der Waals surface area contributed by atoms with E-state index >= 15 is 0 Å². The molecule has 0 N–H and O–H groups in total. The van der Waals surface area contributed by atoms with Crippen LogP contribution < -0.4 is 0 Å². The number of hydrogen-bond acceptors (Lipinski definition) is 3. The van der Waals surface area contributed by atoms with E-state index in [0.29, 0.717) is 13.3 Å². The van der Waals surface area contributed by atoms with Crippen LogP contribution in [-0.2, 0) is 14.3 Å². The van der Waals surface area contributed by atoms with Crippen molar-refractivity contribution in [3.8, 4) is 0 Å². The third-order valence-corrected chi connectivity index (χ3v) is 3.35. The number of fused-ring (bicyclic) bond motifs is 1. The van der Waals surface area contributed by atoms with Crippen LogP contribution in [0, 0.1) is 5.41 Å². The lowest BCUT2D eigenvalue weighted by Crippen LogP contribution is -2.39. The summed E-state index contributed by atoms with van der Waals surface area (Å²) in [5.74, 6) is -4.87. The van der Waals surface area contributed by atoms with Gasteiger partial charge in [-0.3, -0.25) is 0 Å². The summed E-state index contributed by atoms with van der Waals surface area (Å²) in [4.78, 5) is 11.0. The fourth-order valence-electron chi connectivity index (χ4n) is 2.22. The van der Waals surface area contributed by atoms with E-state index in [2.05, 4.69) is 13.8 Å². The van der Waals surface area contributed by atoms with E-state index in [1.807, 2.05) is 0 Å². The third kappa shape index (κ3) is 2.05. The van der Waals surface area contributed by atoms with Gasteiger partial charge in [-0.25, -0.2) is 4.79 Å². The lowest BCUT2D eigenvalue weighted by Gasteiger charge is -2.30. The topological polar surface area (TPSA) is 38.8 Å². The van der Waals surface area contributed by atoms with E-state index in [1.165, 1.54) is 0 Å². The summed E-state index contributed by atoms with van der Waals surface area (Å²) in [5.41, 5.74) is 0.0578. The van der Waals surface area contributed by atoms with Crippen LogP contribution in [0.2, 0.25) is 0 Å². The molecule has 3 nitrogen and oxygen atoms in total. The number of hydrogen-bond donors (Lipinski definition) is 0. The Bertz CT molecular complexity index is 309. The maximum atomic E-state index is 12.6. The average Bonchev–Trinajstić information content (AvgIpc) is 2.88. The first-order chi connectivity index (χ1) is 7.22. The van der Waals surface area contributed by atoms with E-state index in [9.17, 15) is 13.6 Å². The van der Waals surface area contributed by atoms with E-state index in [0.717, 1.165) is 6.42 Å². The van der Waals surface area contributed by atoms with Crippen LogP contribution >= 0.6 is 0 Å². The molecule has 2 fully saturated rings. The maximum Gasteiger partial charge on any atom is 0.377 e. The van der Waals surface area contributed by atoms with Gasteiger partial charge in [0.25, 0.3) is 0 Å². The molecular weight excluding hydrogens is 218 g/mol. The molecule has 92 valence electrons. The van der Waals surface area contributed by atoms with Crippen molar-refractivity contribution in [2.24, 2.45) is 5.41 Å². The van der Waals surface area contributed by atoms with Crippen LogP contribution in [-0.4, -0.2) is 30.2 Å². The number of epoxide rings is 1. The number of esters is 1. The highest BCUT2D eigenvalue weighted by molar-refractivity contribution is 5.77. The Morgan fingerprint density at radius 3 is 2.69 bits per heavy atom. The molecule has 1 aliphatic carbocycles. The van der Waals surface area contributed by atoms with E-state index in [4.69, 9.17) is 9.47 Å². The number of halogens is 2. The summed E-state index contributed by atoms with van der Waals surface area (Å²) in [6.07, 6.45) is 0.771. The zero-order chi connectivity index (χ0) is 12.1. The molecule has 16 heavy (non-hydrogen) atoms. The molecule has 2 rings (SSSR count). The van der Waals surface area contributed by atoms with Crippen LogP contribution in [0.3, 0.4) is 0 Å².